The maximum atomic E-state index is 12.8. The molecule has 1 N–H and O–H groups in total. The van der Waals surface area contributed by atoms with Gasteiger partial charge in [-0.25, -0.2) is 8.42 Å². The van der Waals surface area contributed by atoms with E-state index < -0.39 is 10.0 Å². The number of aryl methyl sites for hydroxylation is 2. The summed E-state index contributed by atoms with van der Waals surface area (Å²) in [6.45, 7) is 6.06. The number of carbonyl (C=O) groups is 1. The number of nitrogens with zero attached hydrogens (tertiary/aromatic N) is 1. The van der Waals surface area contributed by atoms with Crippen molar-refractivity contribution in [3.05, 3.63) is 59.7 Å². The van der Waals surface area contributed by atoms with Gasteiger partial charge >= 0.3 is 0 Å². The van der Waals surface area contributed by atoms with Crippen LogP contribution in [0, 0.1) is 12.8 Å². The zero-order chi connectivity index (χ0) is 23.0. The second-order valence-electron chi connectivity index (χ2n) is 8.34. The second kappa shape index (κ2) is 11.5. The molecule has 1 aliphatic heterocycles. The summed E-state index contributed by atoms with van der Waals surface area (Å²) in [4.78, 5) is 12.9. The molecule has 0 bridgehead atoms. The highest BCUT2D eigenvalue weighted by Gasteiger charge is 2.31. The zero-order valence-electron chi connectivity index (χ0n) is 19.0. The van der Waals surface area contributed by atoms with Crippen LogP contribution in [0.5, 0.6) is 5.75 Å². The van der Waals surface area contributed by atoms with Crippen molar-refractivity contribution in [2.24, 2.45) is 5.92 Å². The SMILES string of the molecule is CCCOc1ccccc1CCCNC(=O)C1CCN(S(=O)(=O)c2ccc(C)cc2)CC1. The molecule has 0 saturated carbocycles. The van der Waals surface area contributed by atoms with Crippen LogP contribution in [0.4, 0.5) is 0 Å². The Hall–Kier alpha value is -2.38. The summed E-state index contributed by atoms with van der Waals surface area (Å²) in [5.41, 5.74) is 2.18. The molecule has 0 spiro atoms. The largest absolute Gasteiger partial charge is 0.493 e. The number of benzene rings is 2. The minimum absolute atomic E-state index is 0.0212. The van der Waals surface area contributed by atoms with Gasteiger partial charge in [0.2, 0.25) is 15.9 Å². The van der Waals surface area contributed by atoms with Crippen LogP contribution in [-0.2, 0) is 21.2 Å². The maximum absolute atomic E-state index is 12.8. The van der Waals surface area contributed by atoms with Crippen LogP contribution in [0.3, 0.4) is 0 Å². The van der Waals surface area contributed by atoms with Crippen LogP contribution >= 0.6 is 0 Å². The number of piperidine rings is 1. The number of hydrogen-bond donors (Lipinski definition) is 1. The van der Waals surface area contributed by atoms with Crippen LogP contribution in [0.15, 0.2) is 53.4 Å². The minimum atomic E-state index is -3.50. The summed E-state index contributed by atoms with van der Waals surface area (Å²) in [5.74, 6) is 0.801. The third-order valence-electron chi connectivity index (χ3n) is 5.84. The van der Waals surface area contributed by atoms with Gasteiger partial charge in [0.05, 0.1) is 11.5 Å². The number of amides is 1. The molecule has 1 amide bonds. The van der Waals surface area contributed by atoms with Crippen molar-refractivity contribution >= 4 is 15.9 Å². The van der Waals surface area contributed by atoms with E-state index >= 15 is 0 Å². The van der Waals surface area contributed by atoms with Gasteiger partial charge in [-0.3, -0.25) is 4.79 Å². The topological polar surface area (TPSA) is 75.7 Å². The van der Waals surface area contributed by atoms with E-state index in [-0.39, 0.29) is 11.8 Å². The van der Waals surface area contributed by atoms with Crippen molar-refractivity contribution < 1.29 is 17.9 Å². The summed E-state index contributed by atoms with van der Waals surface area (Å²) in [5, 5.41) is 3.03. The summed E-state index contributed by atoms with van der Waals surface area (Å²) >= 11 is 0. The summed E-state index contributed by atoms with van der Waals surface area (Å²) in [7, 11) is -3.50. The standard InChI is InChI=1S/C25H34N2O4S/c1-3-19-31-24-9-5-4-7-21(24)8-6-16-26-25(28)22-14-17-27(18-15-22)32(29,30)23-12-10-20(2)11-13-23/h4-5,7,9-13,22H,3,6,8,14-19H2,1-2H3,(H,26,28). The Bertz CT molecular complexity index is 981. The Kier molecular flexibility index (Phi) is 8.70. The van der Waals surface area contributed by atoms with E-state index in [9.17, 15) is 13.2 Å². The molecule has 0 aromatic heterocycles. The molecule has 2 aromatic rings. The molecular weight excluding hydrogens is 424 g/mol. The van der Waals surface area contributed by atoms with Crippen molar-refractivity contribution in [1.29, 1.82) is 0 Å². The number of para-hydroxylation sites is 1. The van der Waals surface area contributed by atoms with E-state index in [0.29, 0.717) is 44.0 Å². The quantitative estimate of drug-likeness (QED) is 0.548. The van der Waals surface area contributed by atoms with E-state index in [1.54, 1.807) is 24.3 Å². The Morgan fingerprint density at radius 1 is 1.09 bits per heavy atom. The van der Waals surface area contributed by atoms with Crippen molar-refractivity contribution in [2.45, 2.75) is 50.8 Å². The number of hydrogen-bond acceptors (Lipinski definition) is 4. The molecule has 2 aromatic carbocycles. The smallest absolute Gasteiger partial charge is 0.243 e. The third kappa shape index (κ3) is 6.33. The zero-order valence-corrected chi connectivity index (χ0v) is 19.9. The molecule has 6 nitrogen and oxygen atoms in total. The fraction of sp³-hybridized carbons (Fsp3) is 0.480. The minimum Gasteiger partial charge on any atom is -0.493 e. The molecule has 1 aliphatic rings. The molecule has 0 aliphatic carbocycles. The van der Waals surface area contributed by atoms with Crippen molar-refractivity contribution in [3.8, 4) is 5.75 Å². The van der Waals surface area contributed by atoms with Gasteiger partial charge < -0.3 is 10.1 Å². The van der Waals surface area contributed by atoms with Crippen LogP contribution in [0.25, 0.3) is 0 Å². The first kappa shape index (κ1) is 24.3. The lowest BCUT2D eigenvalue weighted by molar-refractivity contribution is -0.126. The molecule has 7 heteroatoms. The first-order chi connectivity index (χ1) is 15.4. The Balaban J connectivity index is 1.43. The predicted molar refractivity (Wildman–Crippen MR) is 126 cm³/mol. The molecule has 1 heterocycles. The Morgan fingerprint density at radius 2 is 1.78 bits per heavy atom. The van der Waals surface area contributed by atoms with Crippen molar-refractivity contribution in [2.75, 3.05) is 26.2 Å². The van der Waals surface area contributed by atoms with E-state index in [0.717, 1.165) is 36.1 Å². The summed E-state index contributed by atoms with van der Waals surface area (Å²) in [6, 6.07) is 14.9. The lowest BCUT2D eigenvalue weighted by atomic mass is 9.97. The number of sulfonamides is 1. The van der Waals surface area contributed by atoms with E-state index in [1.165, 1.54) is 4.31 Å². The number of rotatable bonds is 10. The lowest BCUT2D eigenvalue weighted by Gasteiger charge is -2.30. The van der Waals surface area contributed by atoms with Gasteiger partial charge in [-0.05, 0) is 62.8 Å². The highest BCUT2D eigenvalue weighted by atomic mass is 32.2. The van der Waals surface area contributed by atoms with Crippen LogP contribution in [0.2, 0.25) is 0 Å². The molecule has 0 atom stereocenters. The molecular formula is C25H34N2O4S. The third-order valence-corrected chi connectivity index (χ3v) is 7.75. The first-order valence-corrected chi connectivity index (χ1v) is 12.9. The maximum Gasteiger partial charge on any atom is 0.243 e. The second-order valence-corrected chi connectivity index (χ2v) is 10.3. The molecule has 3 rings (SSSR count). The summed E-state index contributed by atoms with van der Waals surface area (Å²) < 4.78 is 32.9. The fourth-order valence-corrected chi connectivity index (χ4v) is 5.39. The van der Waals surface area contributed by atoms with Gasteiger partial charge in [0.25, 0.3) is 0 Å². The average molecular weight is 459 g/mol. The van der Waals surface area contributed by atoms with Gasteiger partial charge in [-0.2, -0.15) is 4.31 Å². The fourth-order valence-electron chi connectivity index (χ4n) is 3.92. The van der Waals surface area contributed by atoms with Gasteiger partial charge in [-0.15, -0.1) is 0 Å². The van der Waals surface area contributed by atoms with Gasteiger partial charge in [0.1, 0.15) is 5.75 Å². The number of ether oxygens (including phenoxy) is 1. The number of carbonyl (C=O) groups excluding carboxylic acids is 1. The molecule has 174 valence electrons. The molecule has 1 saturated heterocycles. The Labute approximate surface area is 192 Å². The van der Waals surface area contributed by atoms with E-state index in [2.05, 4.69) is 18.3 Å². The molecule has 1 fully saturated rings. The van der Waals surface area contributed by atoms with Crippen molar-refractivity contribution in [3.63, 3.8) is 0 Å². The predicted octanol–water partition coefficient (Wildman–Crippen LogP) is 3.93. The van der Waals surface area contributed by atoms with E-state index in [4.69, 9.17) is 4.74 Å². The molecule has 0 radical (unpaired) electrons. The molecule has 32 heavy (non-hydrogen) atoms. The van der Waals surface area contributed by atoms with E-state index in [1.807, 2.05) is 25.1 Å². The highest BCUT2D eigenvalue weighted by molar-refractivity contribution is 7.89. The first-order valence-electron chi connectivity index (χ1n) is 11.5. The summed E-state index contributed by atoms with van der Waals surface area (Å²) in [6.07, 6.45) is 3.73. The molecule has 0 unspecified atom stereocenters. The lowest BCUT2D eigenvalue weighted by Crippen LogP contribution is -2.43. The van der Waals surface area contributed by atoms with Gasteiger partial charge in [-0.1, -0.05) is 42.8 Å². The average Bonchev–Trinajstić information content (AvgIpc) is 2.81. The van der Waals surface area contributed by atoms with Gasteiger partial charge in [0.15, 0.2) is 0 Å². The monoisotopic (exact) mass is 458 g/mol. The van der Waals surface area contributed by atoms with Crippen LogP contribution < -0.4 is 10.1 Å². The van der Waals surface area contributed by atoms with Crippen LogP contribution in [-0.4, -0.2) is 44.9 Å². The van der Waals surface area contributed by atoms with Gasteiger partial charge in [0, 0.05) is 25.6 Å². The number of nitrogens with one attached hydrogen (secondary N) is 1. The van der Waals surface area contributed by atoms with Crippen molar-refractivity contribution in [1.82, 2.24) is 9.62 Å². The normalized spacial score (nSPS) is 15.4. The Morgan fingerprint density at radius 3 is 2.47 bits per heavy atom. The highest BCUT2D eigenvalue weighted by Crippen LogP contribution is 2.24. The van der Waals surface area contributed by atoms with Crippen LogP contribution in [0.1, 0.15) is 43.7 Å².